The summed E-state index contributed by atoms with van der Waals surface area (Å²) < 4.78 is 31.3. The van der Waals surface area contributed by atoms with Crippen LogP contribution < -0.4 is 0 Å². The average Bonchev–Trinajstić information content (AvgIpc) is 3.46. The first-order valence-electron chi connectivity index (χ1n) is 18.2. The van der Waals surface area contributed by atoms with Crippen LogP contribution in [0.25, 0.3) is 0 Å². The fourth-order valence-electron chi connectivity index (χ4n) is 12.7. The summed E-state index contributed by atoms with van der Waals surface area (Å²) in [6.07, 6.45) is -6.72. The van der Waals surface area contributed by atoms with Crippen LogP contribution in [0.1, 0.15) is 54.8 Å². The number of aliphatic hydroxyl groups is 1. The summed E-state index contributed by atoms with van der Waals surface area (Å²) in [4.78, 5) is 83.0. The molecule has 7 bridgehead atoms. The Morgan fingerprint density at radius 3 is 1.80 bits per heavy atom. The van der Waals surface area contributed by atoms with Crippen LogP contribution in [-0.2, 0) is 42.9 Å². The maximum absolute atomic E-state index is 14.0. The standard InChI is InChI=1S/C41H43NO12/c1-19-17-40-26-28(53-37(48)23-13-9-7-10-14-23)25(19)29(50-20(2)44)32(40)41-31(27(34(40)47)42(6)33(26)41)39(5,18-43)35(51-21(3)45)30(36(41)52-22(4)46)54-38(49)24-15-11-8-12-16-24/h7-16,18,25-36,47H,1,17H2,2-6H3/t25-,26-,27+,28?,29+,30-,31+,32+,33+,34+,35+,36+,39-,40-,41+/m0/s1. The summed E-state index contributed by atoms with van der Waals surface area (Å²) >= 11 is 0. The van der Waals surface area contributed by atoms with Gasteiger partial charge < -0.3 is 33.6 Å². The number of carbonyl (C=O) groups is 6. The topological polar surface area (TPSA) is 172 Å². The second-order valence-electron chi connectivity index (χ2n) is 16.1. The van der Waals surface area contributed by atoms with Gasteiger partial charge in [-0.2, -0.15) is 0 Å². The Morgan fingerprint density at radius 1 is 0.759 bits per heavy atom. The van der Waals surface area contributed by atoms with Gasteiger partial charge in [0.2, 0.25) is 0 Å². The van der Waals surface area contributed by atoms with E-state index in [2.05, 4.69) is 6.58 Å². The second kappa shape index (κ2) is 12.3. The van der Waals surface area contributed by atoms with Crippen LogP contribution in [0.3, 0.4) is 0 Å². The molecule has 1 unspecified atom stereocenters. The fourth-order valence-corrected chi connectivity index (χ4v) is 12.7. The molecule has 54 heavy (non-hydrogen) atoms. The third kappa shape index (κ3) is 4.51. The molecular weight excluding hydrogens is 698 g/mol. The number of fused-ring (bicyclic) bond motifs is 1. The molecule has 13 nitrogen and oxygen atoms in total. The van der Waals surface area contributed by atoms with E-state index in [4.69, 9.17) is 23.7 Å². The van der Waals surface area contributed by atoms with Crippen molar-refractivity contribution in [2.45, 2.75) is 82.8 Å². The number of hydrogen-bond donors (Lipinski definition) is 1. The van der Waals surface area contributed by atoms with E-state index < -0.39 is 118 Å². The van der Waals surface area contributed by atoms with Gasteiger partial charge in [0.15, 0.2) is 18.3 Å². The van der Waals surface area contributed by atoms with Crippen molar-refractivity contribution in [2.24, 2.45) is 39.9 Å². The monoisotopic (exact) mass is 741 g/mol. The quantitative estimate of drug-likeness (QED) is 0.181. The molecule has 2 saturated heterocycles. The highest BCUT2D eigenvalue weighted by molar-refractivity contribution is 5.90. The van der Waals surface area contributed by atoms with Gasteiger partial charge in [-0.3, -0.25) is 19.3 Å². The largest absolute Gasteiger partial charge is 0.461 e. The zero-order chi connectivity index (χ0) is 38.6. The maximum Gasteiger partial charge on any atom is 0.338 e. The molecule has 2 heterocycles. The number of aliphatic hydroxyl groups excluding tert-OH is 1. The normalized spacial score (nSPS) is 42.1. The Bertz CT molecular complexity index is 1950. The van der Waals surface area contributed by atoms with Crippen molar-refractivity contribution in [3.05, 3.63) is 83.9 Å². The third-order valence-corrected chi connectivity index (χ3v) is 13.7. The summed E-state index contributed by atoms with van der Waals surface area (Å²) in [7, 11) is 1.80. The summed E-state index contributed by atoms with van der Waals surface area (Å²) in [6.45, 7) is 9.63. The van der Waals surface area contributed by atoms with Gasteiger partial charge in [0.1, 0.15) is 18.5 Å². The van der Waals surface area contributed by atoms with Crippen LogP contribution in [0, 0.1) is 39.9 Å². The second-order valence-corrected chi connectivity index (χ2v) is 16.1. The molecule has 8 aliphatic rings. The van der Waals surface area contributed by atoms with Crippen LogP contribution in [0.5, 0.6) is 0 Å². The Kier molecular flexibility index (Phi) is 8.24. The predicted molar refractivity (Wildman–Crippen MR) is 186 cm³/mol. The molecule has 10 rings (SSSR count). The molecule has 2 spiro atoms. The Morgan fingerprint density at radius 2 is 1.28 bits per heavy atom. The first kappa shape index (κ1) is 36.1. The number of rotatable bonds is 8. The number of piperidine rings is 1. The zero-order valence-corrected chi connectivity index (χ0v) is 30.6. The molecule has 0 amide bonds. The number of ether oxygens (including phenoxy) is 5. The molecule has 1 N–H and O–H groups in total. The molecule has 0 radical (unpaired) electrons. The van der Waals surface area contributed by atoms with Gasteiger partial charge in [0, 0.05) is 61.4 Å². The number of benzene rings is 2. The number of hydrogen-bond acceptors (Lipinski definition) is 13. The molecule has 2 aromatic rings. The lowest BCUT2D eigenvalue weighted by atomic mass is 9.37. The highest BCUT2D eigenvalue weighted by Gasteiger charge is 2.95. The molecule has 2 aromatic carbocycles. The van der Waals surface area contributed by atoms with E-state index >= 15 is 0 Å². The highest BCUT2D eigenvalue weighted by atomic mass is 16.6. The van der Waals surface area contributed by atoms with E-state index in [0.29, 0.717) is 17.4 Å². The minimum atomic E-state index is -1.66. The molecule has 2 aliphatic heterocycles. The average molecular weight is 742 g/mol. The fraction of sp³-hybridized carbons (Fsp3) is 0.512. The van der Waals surface area contributed by atoms with Gasteiger partial charge in [-0.15, -0.1) is 0 Å². The van der Waals surface area contributed by atoms with Gasteiger partial charge >= 0.3 is 29.8 Å². The molecule has 0 aromatic heterocycles. The van der Waals surface area contributed by atoms with Crippen molar-refractivity contribution in [1.82, 2.24) is 4.90 Å². The van der Waals surface area contributed by atoms with Crippen molar-refractivity contribution < 1.29 is 57.6 Å². The van der Waals surface area contributed by atoms with Gasteiger partial charge in [-0.1, -0.05) is 48.6 Å². The van der Waals surface area contributed by atoms with Crippen LogP contribution in [0.4, 0.5) is 0 Å². The summed E-state index contributed by atoms with van der Waals surface area (Å²) in [5.74, 6) is -6.72. The minimum absolute atomic E-state index is 0.163. The Balaban J connectivity index is 1.39. The highest BCUT2D eigenvalue weighted by Crippen LogP contribution is 2.85. The summed E-state index contributed by atoms with van der Waals surface area (Å²) in [5.41, 5.74) is -3.13. The third-order valence-electron chi connectivity index (χ3n) is 13.7. The SMILES string of the molecule is C=C1C[C@@]23[C@H](O)[C@H]4[C@@H]5[C@](C)(C=O)[C@H](OC(C)=O)[C@H](OC(=O)c6ccccc6)[C@@H](OC(C)=O)[C@@]56[C@@H]2[C@H](OC(C)=O)[C@@H]1C(OC(=O)c1ccccc1)[C@H]3[C@H]6N4C. The molecule has 284 valence electrons. The van der Waals surface area contributed by atoms with E-state index in [1.807, 2.05) is 4.90 Å². The number of likely N-dealkylation sites (N-methyl/N-ethyl adjacent to an activating group) is 1. The predicted octanol–water partition coefficient (Wildman–Crippen LogP) is 2.93. The summed E-state index contributed by atoms with van der Waals surface area (Å²) in [6, 6.07) is 15.1. The first-order chi connectivity index (χ1) is 25.7. The van der Waals surface area contributed by atoms with Gasteiger partial charge in [0.05, 0.1) is 28.6 Å². The van der Waals surface area contributed by atoms with Crippen molar-refractivity contribution in [2.75, 3.05) is 7.05 Å². The van der Waals surface area contributed by atoms with E-state index in [1.165, 1.54) is 20.8 Å². The molecule has 15 atom stereocenters. The lowest BCUT2D eigenvalue weighted by Crippen LogP contribution is -2.79. The molecule has 6 aliphatic carbocycles. The lowest BCUT2D eigenvalue weighted by Gasteiger charge is -2.70. The van der Waals surface area contributed by atoms with E-state index in [1.54, 1.807) is 74.6 Å². The summed E-state index contributed by atoms with van der Waals surface area (Å²) in [5, 5.41) is 12.9. The number of esters is 5. The van der Waals surface area contributed by atoms with Crippen LogP contribution in [0.15, 0.2) is 72.8 Å². The lowest BCUT2D eigenvalue weighted by molar-refractivity contribution is -0.301. The van der Waals surface area contributed by atoms with Crippen molar-refractivity contribution in [3.63, 3.8) is 0 Å². The molecule has 6 saturated carbocycles. The number of aldehydes is 1. The molecular formula is C41H43NO12. The van der Waals surface area contributed by atoms with Gasteiger partial charge in [0.25, 0.3) is 0 Å². The Labute approximate surface area is 311 Å². The van der Waals surface area contributed by atoms with Gasteiger partial charge in [-0.05, 0) is 44.7 Å². The van der Waals surface area contributed by atoms with E-state index in [0.717, 1.165) is 0 Å². The van der Waals surface area contributed by atoms with Crippen LogP contribution in [0.2, 0.25) is 0 Å². The van der Waals surface area contributed by atoms with Crippen LogP contribution in [-0.4, -0.2) is 102 Å². The van der Waals surface area contributed by atoms with E-state index in [9.17, 15) is 33.9 Å². The van der Waals surface area contributed by atoms with Crippen molar-refractivity contribution in [1.29, 1.82) is 0 Å². The van der Waals surface area contributed by atoms with Crippen molar-refractivity contribution >= 4 is 36.1 Å². The zero-order valence-electron chi connectivity index (χ0n) is 30.6. The van der Waals surface area contributed by atoms with E-state index in [-0.39, 0.29) is 12.0 Å². The van der Waals surface area contributed by atoms with Crippen LogP contribution >= 0.6 is 0 Å². The molecule has 8 fully saturated rings. The Hall–Kier alpha value is -4.88. The van der Waals surface area contributed by atoms with Crippen molar-refractivity contribution in [3.8, 4) is 0 Å². The minimum Gasteiger partial charge on any atom is -0.461 e. The number of carbonyl (C=O) groups excluding carboxylic acids is 6. The number of nitrogens with zero attached hydrogens (tertiary/aromatic N) is 1. The first-order valence-corrected chi connectivity index (χ1v) is 18.2. The molecule has 13 heteroatoms. The smallest absolute Gasteiger partial charge is 0.338 e. The maximum atomic E-state index is 14.0. The van der Waals surface area contributed by atoms with Gasteiger partial charge in [-0.25, -0.2) is 9.59 Å².